The van der Waals surface area contributed by atoms with E-state index in [1.807, 2.05) is 59.9 Å². The lowest BCUT2D eigenvalue weighted by atomic mass is 9.82. The van der Waals surface area contributed by atoms with Crippen molar-refractivity contribution in [1.82, 2.24) is 9.97 Å². The van der Waals surface area contributed by atoms with Crippen LogP contribution in [-0.4, -0.2) is 45.8 Å². The van der Waals surface area contributed by atoms with E-state index in [1.165, 1.54) is 0 Å². The van der Waals surface area contributed by atoms with Crippen molar-refractivity contribution in [2.75, 3.05) is 18.0 Å². The van der Waals surface area contributed by atoms with Gasteiger partial charge in [0.15, 0.2) is 6.10 Å². The summed E-state index contributed by atoms with van der Waals surface area (Å²) in [6, 6.07) is 3.88. The number of aromatic nitrogens is 2. The fraction of sp³-hybridized carbons (Fsp3) is 0.656. The third kappa shape index (κ3) is 8.24. The van der Waals surface area contributed by atoms with Crippen molar-refractivity contribution in [3.8, 4) is 11.1 Å². The monoisotopic (exact) mass is 539 g/mol. The summed E-state index contributed by atoms with van der Waals surface area (Å²) in [6.07, 6.45) is 4.60. The Morgan fingerprint density at radius 2 is 1.72 bits per heavy atom. The number of aryl methyl sites for hydroxylation is 1. The number of pyridine rings is 2. The minimum Gasteiger partial charge on any atom is -0.461 e. The van der Waals surface area contributed by atoms with Gasteiger partial charge in [-0.05, 0) is 78.2 Å². The zero-order chi connectivity index (χ0) is 29.1. The van der Waals surface area contributed by atoms with Crippen LogP contribution in [0.4, 0.5) is 5.69 Å². The van der Waals surface area contributed by atoms with Crippen LogP contribution in [0.2, 0.25) is 0 Å². The van der Waals surface area contributed by atoms with Crippen molar-refractivity contribution in [2.45, 2.75) is 112 Å². The highest BCUT2D eigenvalue weighted by Gasteiger charge is 2.37. The lowest BCUT2D eigenvalue weighted by Gasteiger charge is -2.41. The predicted octanol–water partition coefficient (Wildman–Crippen LogP) is 6.97. The lowest BCUT2D eigenvalue weighted by molar-refractivity contribution is -0.171. The summed E-state index contributed by atoms with van der Waals surface area (Å²) in [5.41, 5.74) is 4.55. The van der Waals surface area contributed by atoms with E-state index in [0.29, 0.717) is 18.0 Å². The third-order valence-corrected chi connectivity index (χ3v) is 7.15. The van der Waals surface area contributed by atoms with Gasteiger partial charge in [0, 0.05) is 47.9 Å². The van der Waals surface area contributed by atoms with Gasteiger partial charge in [-0.3, -0.25) is 9.97 Å². The van der Waals surface area contributed by atoms with Gasteiger partial charge in [0.1, 0.15) is 0 Å². The largest absolute Gasteiger partial charge is 0.461 e. The van der Waals surface area contributed by atoms with Crippen LogP contribution in [0.25, 0.3) is 11.1 Å². The van der Waals surface area contributed by atoms with Crippen molar-refractivity contribution in [3.05, 3.63) is 41.5 Å². The summed E-state index contributed by atoms with van der Waals surface area (Å²) >= 11 is 0. The molecule has 2 aromatic rings. The summed E-state index contributed by atoms with van der Waals surface area (Å²) in [5.74, 6) is -0.0449. The maximum atomic E-state index is 13.5. The van der Waals surface area contributed by atoms with Crippen LogP contribution >= 0.6 is 0 Å². The van der Waals surface area contributed by atoms with E-state index < -0.39 is 23.8 Å². The number of esters is 1. The molecule has 0 radical (unpaired) electrons. The van der Waals surface area contributed by atoms with Gasteiger partial charge in [0.05, 0.1) is 29.2 Å². The van der Waals surface area contributed by atoms with Crippen LogP contribution in [0.15, 0.2) is 24.5 Å². The molecule has 0 amide bonds. The topological polar surface area (TPSA) is 84.8 Å². The van der Waals surface area contributed by atoms with Gasteiger partial charge in [0.2, 0.25) is 0 Å². The molecular weight excluding hydrogens is 490 g/mol. The first kappa shape index (κ1) is 31.0. The number of aliphatic hydroxyl groups is 1. The molecule has 1 fully saturated rings. The van der Waals surface area contributed by atoms with Crippen LogP contribution in [0, 0.1) is 18.3 Å². The van der Waals surface area contributed by atoms with Crippen molar-refractivity contribution in [1.29, 1.82) is 0 Å². The Morgan fingerprint density at radius 3 is 2.23 bits per heavy atom. The van der Waals surface area contributed by atoms with Crippen LogP contribution in [0.1, 0.15) is 111 Å². The summed E-state index contributed by atoms with van der Waals surface area (Å²) in [7, 11) is 0. The zero-order valence-electron chi connectivity index (χ0n) is 25.7. The molecule has 2 atom stereocenters. The molecule has 7 heteroatoms. The first-order valence-electron chi connectivity index (χ1n) is 14.3. The Bertz CT molecular complexity index is 1110. The van der Waals surface area contributed by atoms with Gasteiger partial charge in [-0.25, -0.2) is 4.79 Å². The number of hydrogen-bond acceptors (Lipinski definition) is 7. The number of aliphatic hydroxyl groups excluding tert-OH is 1. The molecule has 3 rings (SSSR count). The van der Waals surface area contributed by atoms with E-state index in [4.69, 9.17) is 14.5 Å². The van der Waals surface area contributed by atoms with Crippen molar-refractivity contribution >= 4 is 11.7 Å². The Balaban J connectivity index is 2.19. The molecule has 1 N–H and O–H groups in total. The van der Waals surface area contributed by atoms with E-state index in [1.54, 1.807) is 6.20 Å². The molecule has 0 saturated carbocycles. The van der Waals surface area contributed by atoms with E-state index >= 15 is 0 Å². The average Bonchev–Trinajstić information content (AvgIpc) is 2.81. The number of nitrogens with zero attached hydrogens (tertiary/aromatic N) is 3. The molecule has 0 aromatic carbocycles. The van der Waals surface area contributed by atoms with Gasteiger partial charge in [-0.15, -0.1) is 0 Å². The Morgan fingerprint density at radius 1 is 1.08 bits per heavy atom. The Labute approximate surface area is 235 Å². The summed E-state index contributed by atoms with van der Waals surface area (Å²) in [5, 5.41) is 10.6. The molecule has 1 unspecified atom stereocenters. The smallest absolute Gasteiger partial charge is 0.340 e. The highest BCUT2D eigenvalue weighted by atomic mass is 16.6. The van der Waals surface area contributed by atoms with Crippen LogP contribution in [0.3, 0.4) is 0 Å². The minimum atomic E-state index is -0.926. The molecule has 0 aliphatic carbocycles. The molecule has 216 valence electrons. The van der Waals surface area contributed by atoms with Gasteiger partial charge < -0.3 is 19.5 Å². The summed E-state index contributed by atoms with van der Waals surface area (Å²) in [4.78, 5) is 25.3. The van der Waals surface area contributed by atoms with Crippen molar-refractivity contribution in [2.24, 2.45) is 11.3 Å². The molecule has 1 aliphatic rings. The van der Waals surface area contributed by atoms with E-state index in [2.05, 4.69) is 37.6 Å². The van der Waals surface area contributed by atoms with Crippen molar-refractivity contribution < 1.29 is 19.4 Å². The highest BCUT2D eigenvalue weighted by molar-refractivity contribution is 5.87. The standard InChI is InChI=1S/C32H49N3O4/c1-20(2)17-26(36)25-12-11-23(18-34-25)24-19-33-22(5)27(28(24)35-15-13-32(9,10)14-16-35)29(39-31(6,7)8)30(37)38-21(3)4/h11-12,18-21,26,29,36H,13-17H2,1-10H3/t26?,29-/m0/s1. The number of rotatable bonds is 9. The van der Waals surface area contributed by atoms with Crippen LogP contribution in [0.5, 0.6) is 0 Å². The second-order valence-electron chi connectivity index (χ2n) is 13.4. The quantitative estimate of drug-likeness (QED) is 0.345. The average molecular weight is 540 g/mol. The number of hydrogen-bond donors (Lipinski definition) is 1. The maximum Gasteiger partial charge on any atom is 0.340 e. The summed E-state index contributed by atoms with van der Waals surface area (Å²) in [6.45, 7) is 22.0. The molecule has 1 aliphatic heterocycles. The fourth-order valence-corrected chi connectivity index (χ4v) is 5.01. The molecule has 7 nitrogen and oxygen atoms in total. The lowest BCUT2D eigenvalue weighted by Crippen LogP contribution is -2.39. The second-order valence-corrected chi connectivity index (χ2v) is 13.4. The molecule has 0 spiro atoms. The molecule has 0 bridgehead atoms. The van der Waals surface area contributed by atoms with Crippen molar-refractivity contribution in [3.63, 3.8) is 0 Å². The predicted molar refractivity (Wildman–Crippen MR) is 157 cm³/mol. The van der Waals surface area contributed by atoms with Gasteiger partial charge in [-0.1, -0.05) is 33.8 Å². The van der Waals surface area contributed by atoms with E-state index in [0.717, 1.165) is 54.0 Å². The molecule has 3 heterocycles. The Hall–Kier alpha value is -2.51. The minimum absolute atomic E-state index is 0.256. The molecule has 39 heavy (non-hydrogen) atoms. The zero-order valence-corrected chi connectivity index (χ0v) is 25.7. The van der Waals surface area contributed by atoms with Crippen LogP contribution in [-0.2, 0) is 14.3 Å². The fourth-order valence-electron chi connectivity index (χ4n) is 5.01. The first-order chi connectivity index (χ1) is 18.1. The van der Waals surface area contributed by atoms with E-state index in [9.17, 15) is 9.90 Å². The second kappa shape index (κ2) is 12.3. The number of ether oxygens (including phenoxy) is 2. The normalized spacial score (nSPS) is 17.4. The number of carbonyl (C=O) groups is 1. The maximum absolute atomic E-state index is 13.5. The first-order valence-corrected chi connectivity index (χ1v) is 14.3. The molecule has 2 aromatic heterocycles. The van der Waals surface area contributed by atoms with E-state index in [-0.39, 0.29) is 11.5 Å². The number of piperidine rings is 1. The molecule has 1 saturated heterocycles. The van der Waals surface area contributed by atoms with Gasteiger partial charge >= 0.3 is 5.97 Å². The SMILES string of the molecule is Cc1ncc(-c2ccc(C(O)CC(C)C)nc2)c(N2CCC(C)(C)CC2)c1[C@H](OC(C)(C)C)C(=O)OC(C)C. The Kier molecular flexibility index (Phi) is 9.82. The molecular formula is C32H49N3O4. The van der Waals surface area contributed by atoms with Crippen LogP contribution < -0.4 is 4.90 Å². The third-order valence-electron chi connectivity index (χ3n) is 7.15. The van der Waals surface area contributed by atoms with Gasteiger partial charge in [-0.2, -0.15) is 0 Å². The van der Waals surface area contributed by atoms with Gasteiger partial charge in [0.25, 0.3) is 0 Å². The summed E-state index contributed by atoms with van der Waals surface area (Å²) < 4.78 is 12.1. The highest BCUT2D eigenvalue weighted by Crippen LogP contribution is 2.43. The number of anilines is 1. The number of carbonyl (C=O) groups excluding carboxylic acids is 1.